The Morgan fingerprint density at radius 1 is 1.09 bits per heavy atom. The van der Waals surface area contributed by atoms with Crippen LogP contribution in [0.2, 0.25) is 0 Å². The monoisotopic (exact) mass is 320 g/mol. The molecule has 0 bridgehead atoms. The maximum Gasteiger partial charge on any atom is 0.418 e. The lowest BCUT2D eigenvalue weighted by atomic mass is 9.97. The van der Waals surface area contributed by atoms with E-state index in [0.29, 0.717) is 5.56 Å². The normalized spacial score (nSPS) is 11.8. The topological polar surface area (TPSA) is 50.4 Å². The maximum atomic E-state index is 13.6. The van der Waals surface area contributed by atoms with Crippen LogP contribution in [-0.2, 0) is 6.18 Å². The average Bonchev–Trinajstić information content (AvgIpc) is 2.45. The Morgan fingerprint density at radius 2 is 1.74 bits per heavy atom. The van der Waals surface area contributed by atoms with Gasteiger partial charge in [-0.25, -0.2) is 4.79 Å². The van der Waals surface area contributed by atoms with Crippen molar-refractivity contribution in [1.82, 2.24) is 0 Å². The predicted octanol–water partition coefficient (Wildman–Crippen LogP) is 4.49. The third-order valence-electron chi connectivity index (χ3n) is 3.48. The highest BCUT2D eigenvalue weighted by Crippen LogP contribution is 2.43. The lowest BCUT2D eigenvalue weighted by molar-refractivity contribution is -0.136. The van der Waals surface area contributed by atoms with Gasteiger partial charge in [0.05, 0.1) is 16.5 Å². The van der Waals surface area contributed by atoms with E-state index in [1.54, 1.807) is 13.0 Å². The molecule has 6 heteroatoms. The largest absolute Gasteiger partial charge is 0.507 e. The first-order chi connectivity index (χ1) is 10.8. The molecule has 23 heavy (non-hydrogen) atoms. The number of alkyl halides is 3. The van der Waals surface area contributed by atoms with E-state index in [0.717, 1.165) is 0 Å². The molecular formula is C17H11F3O3. The molecule has 0 fully saturated rings. The molecule has 0 saturated heterocycles. The zero-order chi connectivity index (χ0) is 16.8. The summed E-state index contributed by atoms with van der Waals surface area (Å²) in [7, 11) is 0. The van der Waals surface area contributed by atoms with E-state index >= 15 is 0 Å². The summed E-state index contributed by atoms with van der Waals surface area (Å²) in [5, 5.41) is 9.48. The molecule has 0 saturated carbocycles. The van der Waals surface area contributed by atoms with Crippen LogP contribution in [0.15, 0.2) is 51.7 Å². The molecule has 0 aliphatic heterocycles. The first kappa shape index (κ1) is 15.1. The molecule has 3 rings (SSSR count). The summed E-state index contributed by atoms with van der Waals surface area (Å²) in [6, 6.07) is 9.94. The summed E-state index contributed by atoms with van der Waals surface area (Å²) in [4.78, 5) is 12.2. The molecule has 0 amide bonds. The molecule has 3 aromatic rings. The summed E-state index contributed by atoms with van der Waals surface area (Å²) in [6.07, 6.45) is -4.83. The summed E-state index contributed by atoms with van der Waals surface area (Å²) in [5.74, 6) is -0.576. The molecule has 3 nitrogen and oxygen atoms in total. The summed E-state index contributed by atoms with van der Waals surface area (Å²) in [5.41, 5.74) is -2.62. The Balaban J connectivity index is 2.55. The third kappa shape index (κ3) is 2.56. The highest BCUT2D eigenvalue weighted by atomic mass is 19.4. The number of fused-ring (bicyclic) bond motifs is 1. The van der Waals surface area contributed by atoms with E-state index < -0.39 is 34.1 Å². The van der Waals surface area contributed by atoms with Gasteiger partial charge in [0.25, 0.3) is 0 Å². The van der Waals surface area contributed by atoms with Crippen molar-refractivity contribution in [2.75, 3.05) is 0 Å². The number of hydrogen-bond acceptors (Lipinski definition) is 3. The quantitative estimate of drug-likeness (QED) is 0.672. The average molecular weight is 320 g/mol. The number of aryl methyl sites for hydroxylation is 1. The number of halogens is 3. The summed E-state index contributed by atoms with van der Waals surface area (Å²) in [6.45, 7) is 1.58. The van der Waals surface area contributed by atoms with E-state index in [-0.39, 0.29) is 11.1 Å². The standard InChI is InChI=1S/C17H11F3O3/c1-9-7-11(21)14-12(8-9)23-16(22)13(15(14)17(18,19)20)10-5-3-2-4-6-10/h2-8,21H,1H3. The number of rotatable bonds is 1. The Morgan fingerprint density at radius 3 is 2.35 bits per heavy atom. The molecule has 1 heterocycles. The SMILES string of the molecule is Cc1cc(O)c2c(C(F)(F)F)c(-c3ccccc3)c(=O)oc2c1. The van der Waals surface area contributed by atoms with Gasteiger partial charge in [0.15, 0.2) is 0 Å². The first-order valence-electron chi connectivity index (χ1n) is 6.72. The van der Waals surface area contributed by atoms with Crippen LogP contribution in [0.25, 0.3) is 22.1 Å². The van der Waals surface area contributed by atoms with Crippen molar-refractivity contribution in [3.63, 3.8) is 0 Å². The van der Waals surface area contributed by atoms with Gasteiger partial charge in [-0.3, -0.25) is 0 Å². The smallest absolute Gasteiger partial charge is 0.418 e. The van der Waals surface area contributed by atoms with Crippen molar-refractivity contribution < 1.29 is 22.7 Å². The van der Waals surface area contributed by atoms with Gasteiger partial charge in [-0.15, -0.1) is 0 Å². The zero-order valence-electron chi connectivity index (χ0n) is 11.9. The second-order valence-electron chi connectivity index (χ2n) is 5.16. The van der Waals surface area contributed by atoms with Crippen LogP contribution in [0, 0.1) is 6.92 Å². The van der Waals surface area contributed by atoms with Gasteiger partial charge >= 0.3 is 11.8 Å². The van der Waals surface area contributed by atoms with Crippen molar-refractivity contribution in [1.29, 1.82) is 0 Å². The van der Waals surface area contributed by atoms with Crippen molar-refractivity contribution in [2.45, 2.75) is 13.1 Å². The molecule has 0 radical (unpaired) electrons. The molecule has 0 atom stereocenters. The fourth-order valence-electron chi connectivity index (χ4n) is 2.59. The fraction of sp³-hybridized carbons (Fsp3) is 0.118. The van der Waals surface area contributed by atoms with Gasteiger partial charge in [0.2, 0.25) is 0 Å². The number of phenols is 1. The highest BCUT2D eigenvalue weighted by Gasteiger charge is 2.39. The van der Waals surface area contributed by atoms with E-state index in [2.05, 4.69) is 0 Å². The van der Waals surface area contributed by atoms with Crippen LogP contribution in [0.4, 0.5) is 13.2 Å². The Bertz CT molecular complexity index is 941. The van der Waals surface area contributed by atoms with Crippen LogP contribution >= 0.6 is 0 Å². The van der Waals surface area contributed by atoms with E-state index in [1.165, 1.54) is 36.4 Å². The molecule has 118 valence electrons. The van der Waals surface area contributed by atoms with Gasteiger partial charge in [-0.1, -0.05) is 30.3 Å². The van der Waals surface area contributed by atoms with Crippen molar-refractivity contribution in [3.05, 3.63) is 64.0 Å². The highest BCUT2D eigenvalue weighted by molar-refractivity contribution is 5.92. The van der Waals surface area contributed by atoms with Crippen molar-refractivity contribution in [3.8, 4) is 16.9 Å². The van der Waals surface area contributed by atoms with Crippen molar-refractivity contribution in [2.24, 2.45) is 0 Å². The van der Waals surface area contributed by atoms with Crippen LogP contribution in [0.5, 0.6) is 5.75 Å². The van der Waals surface area contributed by atoms with Gasteiger partial charge in [-0.05, 0) is 30.2 Å². The minimum absolute atomic E-state index is 0.0791. The van der Waals surface area contributed by atoms with E-state index in [4.69, 9.17) is 4.42 Å². The zero-order valence-corrected chi connectivity index (χ0v) is 11.9. The fourth-order valence-corrected chi connectivity index (χ4v) is 2.59. The molecule has 0 aliphatic carbocycles. The number of benzene rings is 2. The van der Waals surface area contributed by atoms with Crippen LogP contribution in [-0.4, -0.2) is 5.11 Å². The Kier molecular flexibility index (Phi) is 3.39. The summed E-state index contributed by atoms with van der Waals surface area (Å²) >= 11 is 0. The minimum Gasteiger partial charge on any atom is -0.507 e. The number of hydrogen-bond donors (Lipinski definition) is 1. The van der Waals surface area contributed by atoms with Gasteiger partial charge < -0.3 is 9.52 Å². The van der Waals surface area contributed by atoms with Crippen molar-refractivity contribution >= 4 is 11.0 Å². The summed E-state index contributed by atoms with van der Waals surface area (Å²) < 4.78 is 45.9. The van der Waals surface area contributed by atoms with Crippen LogP contribution < -0.4 is 5.63 Å². The Labute approximate surface area is 128 Å². The molecule has 0 spiro atoms. The molecule has 1 N–H and O–H groups in total. The lowest BCUT2D eigenvalue weighted by Gasteiger charge is -2.15. The number of aromatic hydroxyl groups is 1. The minimum atomic E-state index is -4.83. The molecule has 0 aliphatic rings. The predicted molar refractivity (Wildman–Crippen MR) is 79.3 cm³/mol. The maximum absolute atomic E-state index is 13.6. The van der Waals surface area contributed by atoms with E-state index in [1.807, 2.05) is 0 Å². The Hall–Kier alpha value is -2.76. The second kappa shape index (κ2) is 5.15. The number of phenolic OH excluding ortho intramolecular Hbond substituents is 1. The van der Waals surface area contributed by atoms with Gasteiger partial charge in [0, 0.05) is 0 Å². The first-order valence-corrected chi connectivity index (χ1v) is 6.72. The van der Waals surface area contributed by atoms with E-state index in [9.17, 15) is 23.1 Å². The van der Waals surface area contributed by atoms with Gasteiger partial charge in [0.1, 0.15) is 11.3 Å². The molecule has 2 aromatic carbocycles. The molecule has 0 unspecified atom stereocenters. The molecule has 1 aromatic heterocycles. The second-order valence-corrected chi connectivity index (χ2v) is 5.16. The third-order valence-corrected chi connectivity index (χ3v) is 3.48. The molecular weight excluding hydrogens is 309 g/mol. The van der Waals surface area contributed by atoms with Crippen LogP contribution in [0.3, 0.4) is 0 Å². The van der Waals surface area contributed by atoms with Crippen LogP contribution in [0.1, 0.15) is 11.1 Å². The lowest BCUT2D eigenvalue weighted by Crippen LogP contribution is -2.16. The van der Waals surface area contributed by atoms with Gasteiger partial charge in [-0.2, -0.15) is 13.2 Å².